The maximum Gasteiger partial charge on any atom is 0.303 e. The normalized spacial score (nSPS) is 11.0. The number of carbonyl (C=O) groups is 1. The molecule has 3 nitrogen and oxygen atoms in total. The maximum absolute atomic E-state index is 13.5. The predicted octanol–water partition coefficient (Wildman–Crippen LogP) is 2.95. The van der Waals surface area contributed by atoms with Gasteiger partial charge in [0.1, 0.15) is 5.82 Å². The summed E-state index contributed by atoms with van der Waals surface area (Å²) in [5.74, 6) is -1.23. The minimum Gasteiger partial charge on any atom is -0.481 e. The van der Waals surface area contributed by atoms with E-state index in [9.17, 15) is 9.18 Å². The monoisotopic (exact) mass is 271 g/mol. The van der Waals surface area contributed by atoms with E-state index in [1.54, 1.807) is 24.3 Å². The first-order valence-electron chi connectivity index (χ1n) is 5.64. The van der Waals surface area contributed by atoms with Crippen molar-refractivity contribution in [3.63, 3.8) is 0 Å². The van der Waals surface area contributed by atoms with Crippen molar-refractivity contribution in [1.82, 2.24) is 5.32 Å². The van der Waals surface area contributed by atoms with Crippen molar-refractivity contribution in [3.05, 3.63) is 40.7 Å². The molecule has 0 bridgehead atoms. The Kier molecular flexibility index (Phi) is 6.39. The highest BCUT2D eigenvalue weighted by Gasteiger charge is 2.01. The Bertz CT molecular complexity index is 435. The number of halogens is 2. The molecule has 1 aromatic rings. The third-order valence-corrected chi connectivity index (χ3v) is 2.58. The van der Waals surface area contributed by atoms with E-state index in [0.29, 0.717) is 25.1 Å². The van der Waals surface area contributed by atoms with Crippen LogP contribution < -0.4 is 5.32 Å². The lowest BCUT2D eigenvalue weighted by atomic mass is 10.2. The van der Waals surface area contributed by atoms with Crippen LogP contribution >= 0.6 is 11.6 Å². The SMILES string of the molecule is O=C(O)CCCNC/C=C/c1cccc(Cl)c1F. The van der Waals surface area contributed by atoms with Gasteiger partial charge in [0.05, 0.1) is 5.02 Å². The zero-order valence-corrected chi connectivity index (χ0v) is 10.6. The second kappa shape index (κ2) is 7.84. The second-order valence-electron chi connectivity index (χ2n) is 3.75. The standard InChI is InChI=1S/C13H15ClFNO2/c14-11-6-1-4-10(13(11)15)5-2-8-16-9-3-7-12(17)18/h1-2,4-6,16H,3,7-9H2,(H,17,18)/b5-2+. The molecule has 0 unspecified atom stereocenters. The van der Waals surface area contributed by atoms with Crippen LogP contribution in [0.25, 0.3) is 6.08 Å². The molecule has 0 aliphatic heterocycles. The van der Waals surface area contributed by atoms with Gasteiger partial charge in [-0.3, -0.25) is 4.79 Å². The Labute approximate surface area is 110 Å². The molecule has 1 aromatic carbocycles. The lowest BCUT2D eigenvalue weighted by Gasteiger charge is -2.00. The van der Waals surface area contributed by atoms with E-state index in [2.05, 4.69) is 5.32 Å². The molecule has 0 saturated carbocycles. The second-order valence-corrected chi connectivity index (χ2v) is 4.15. The largest absolute Gasteiger partial charge is 0.481 e. The van der Waals surface area contributed by atoms with Crippen LogP contribution in [0, 0.1) is 5.82 Å². The van der Waals surface area contributed by atoms with Crippen molar-refractivity contribution in [3.8, 4) is 0 Å². The maximum atomic E-state index is 13.5. The highest BCUT2D eigenvalue weighted by molar-refractivity contribution is 6.30. The van der Waals surface area contributed by atoms with E-state index in [-0.39, 0.29) is 11.4 Å². The van der Waals surface area contributed by atoms with E-state index < -0.39 is 11.8 Å². The Morgan fingerprint density at radius 2 is 2.28 bits per heavy atom. The van der Waals surface area contributed by atoms with Gasteiger partial charge in [-0.1, -0.05) is 35.9 Å². The van der Waals surface area contributed by atoms with Crippen LogP contribution in [0.15, 0.2) is 24.3 Å². The van der Waals surface area contributed by atoms with E-state index in [4.69, 9.17) is 16.7 Å². The van der Waals surface area contributed by atoms with Gasteiger partial charge in [0.25, 0.3) is 0 Å². The van der Waals surface area contributed by atoms with Crippen molar-refractivity contribution in [2.45, 2.75) is 12.8 Å². The number of aliphatic carboxylic acids is 1. The van der Waals surface area contributed by atoms with Crippen LogP contribution in [0.2, 0.25) is 5.02 Å². The fourth-order valence-corrected chi connectivity index (χ4v) is 1.57. The minimum absolute atomic E-state index is 0.103. The summed E-state index contributed by atoms with van der Waals surface area (Å²) in [6, 6.07) is 4.83. The van der Waals surface area contributed by atoms with Crippen LogP contribution in [-0.4, -0.2) is 24.2 Å². The summed E-state index contributed by atoms with van der Waals surface area (Å²) >= 11 is 5.64. The lowest BCUT2D eigenvalue weighted by Crippen LogP contribution is -2.15. The number of carboxylic acid groups (broad SMARTS) is 1. The van der Waals surface area contributed by atoms with Gasteiger partial charge in [0.2, 0.25) is 0 Å². The van der Waals surface area contributed by atoms with Crippen LogP contribution in [0.3, 0.4) is 0 Å². The Hall–Kier alpha value is -1.39. The van der Waals surface area contributed by atoms with Gasteiger partial charge in [-0.2, -0.15) is 0 Å². The Morgan fingerprint density at radius 3 is 3.00 bits per heavy atom. The zero-order chi connectivity index (χ0) is 13.4. The van der Waals surface area contributed by atoms with Gasteiger partial charge in [0.15, 0.2) is 0 Å². The van der Waals surface area contributed by atoms with Gasteiger partial charge in [0, 0.05) is 18.5 Å². The van der Waals surface area contributed by atoms with Crippen molar-refractivity contribution >= 4 is 23.6 Å². The predicted molar refractivity (Wildman–Crippen MR) is 70.2 cm³/mol. The number of hydrogen-bond donors (Lipinski definition) is 2. The number of hydrogen-bond acceptors (Lipinski definition) is 2. The number of nitrogens with one attached hydrogen (secondary N) is 1. The summed E-state index contributed by atoms with van der Waals surface area (Å²) in [5, 5.41) is 11.6. The third-order valence-electron chi connectivity index (χ3n) is 2.29. The third kappa shape index (κ3) is 5.29. The molecule has 1 rings (SSSR count). The molecule has 0 radical (unpaired) electrons. The van der Waals surface area contributed by atoms with Crippen LogP contribution in [0.1, 0.15) is 18.4 Å². The van der Waals surface area contributed by atoms with Gasteiger partial charge in [-0.15, -0.1) is 0 Å². The molecule has 0 fully saturated rings. The molecule has 0 aliphatic rings. The molecule has 0 aliphatic carbocycles. The first kappa shape index (κ1) is 14.7. The Morgan fingerprint density at radius 1 is 1.50 bits per heavy atom. The zero-order valence-electron chi connectivity index (χ0n) is 9.83. The summed E-state index contributed by atoms with van der Waals surface area (Å²) in [5.41, 5.74) is 0.440. The van der Waals surface area contributed by atoms with E-state index in [1.165, 1.54) is 6.07 Å². The number of carboxylic acids is 1. The molecule has 0 aromatic heterocycles. The van der Waals surface area contributed by atoms with E-state index >= 15 is 0 Å². The fourth-order valence-electron chi connectivity index (χ4n) is 1.39. The lowest BCUT2D eigenvalue weighted by molar-refractivity contribution is -0.137. The minimum atomic E-state index is -0.798. The van der Waals surface area contributed by atoms with E-state index in [0.717, 1.165) is 0 Å². The first-order valence-corrected chi connectivity index (χ1v) is 6.02. The van der Waals surface area contributed by atoms with Gasteiger partial charge < -0.3 is 10.4 Å². The molecular formula is C13H15ClFNO2. The summed E-state index contributed by atoms with van der Waals surface area (Å²) in [4.78, 5) is 10.2. The van der Waals surface area contributed by atoms with Crippen LogP contribution in [0.4, 0.5) is 4.39 Å². The van der Waals surface area contributed by atoms with Crippen molar-refractivity contribution in [1.29, 1.82) is 0 Å². The molecule has 0 atom stereocenters. The topological polar surface area (TPSA) is 49.3 Å². The summed E-state index contributed by atoms with van der Waals surface area (Å²) in [7, 11) is 0. The molecule has 0 spiro atoms. The number of benzene rings is 1. The summed E-state index contributed by atoms with van der Waals surface area (Å²) < 4.78 is 13.5. The van der Waals surface area contributed by atoms with Crippen molar-refractivity contribution < 1.29 is 14.3 Å². The first-order chi connectivity index (χ1) is 8.61. The van der Waals surface area contributed by atoms with Crippen LogP contribution in [0.5, 0.6) is 0 Å². The summed E-state index contributed by atoms with van der Waals surface area (Å²) in [6.45, 7) is 1.18. The Balaban J connectivity index is 2.28. The quantitative estimate of drug-likeness (QED) is 0.750. The van der Waals surface area contributed by atoms with Gasteiger partial charge in [-0.25, -0.2) is 4.39 Å². The molecule has 98 valence electrons. The van der Waals surface area contributed by atoms with E-state index in [1.807, 2.05) is 0 Å². The van der Waals surface area contributed by atoms with Crippen LogP contribution in [-0.2, 0) is 4.79 Å². The van der Waals surface area contributed by atoms with Gasteiger partial charge >= 0.3 is 5.97 Å². The molecule has 18 heavy (non-hydrogen) atoms. The molecule has 5 heteroatoms. The number of rotatable bonds is 7. The summed E-state index contributed by atoms with van der Waals surface area (Å²) in [6.07, 6.45) is 4.15. The fraction of sp³-hybridized carbons (Fsp3) is 0.308. The molecule has 0 saturated heterocycles. The average Bonchev–Trinajstić information content (AvgIpc) is 2.32. The highest BCUT2D eigenvalue weighted by atomic mass is 35.5. The highest BCUT2D eigenvalue weighted by Crippen LogP contribution is 2.18. The molecular weight excluding hydrogens is 257 g/mol. The molecule has 0 amide bonds. The average molecular weight is 272 g/mol. The van der Waals surface area contributed by atoms with Gasteiger partial charge in [-0.05, 0) is 19.0 Å². The smallest absolute Gasteiger partial charge is 0.303 e. The van der Waals surface area contributed by atoms with Crippen molar-refractivity contribution in [2.75, 3.05) is 13.1 Å². The molecule has 2 N–H and O–H groups in total. The molecule has 0 heterocycles. The van der Waals surface area contributed by atoms with Crippen molar-refractivity contribution in [2.24, 2.45) is 0 Å².